The molecule has 0 saturated heterocycles. The van der Waals surface area contributed by atoms with E-state index in [0.717, 1.165) is 28.7 Å². The van der Waals surface area contributed by atoms with E-state index in [-0.39, 0.29) is 0 Å². The molecule has 1 aliphatic carbocycles. The van der Waals surface area contributed by atoms with Crippen LogP contribution >= 0.6 is 0 Å². The topological polar surface area (TPSA) is 102 Å². The Balaban J connectivity index is 1.54. The van der Waals surface area contributed by atoms with Crippen molar-refractivity contribution in [3.8, 4) is 22.4 Å². The number of hydrogen-bond donors (Lipinski definition) is 2. The van der Waals surface area contributed by atoms with Gasteiger partial charge in [-0.3, -0.25) is 10.1 Å². The quantitative estimate of drug-likeness (QED) is 0.484. The molecule has 1 aliphatic rings. The van der Waals surface area contributed by atoms with E-state index < -0.39 is 23.1 Å². The van der Waals surface area contributed by atoms with Crippen LogP contribution in [0.1, 0.15) is 51.4 Å². The van der Waals surface area contributed by atoms with Crippen LogP contribution in [0, 0.1) is 6.92 Å². The van der Waals surface area contributed by atoms with Gasteiger partial charge in [0.1, 0.15) is 17.0 Å². The van der Waals surface area contributed by atoms with Gasteiger partial charge in [-0.15, -0.1) is 0 Å². The number of carboxylic acids is 1. The number of anilines is 1. The van der Waals surface area contributed by atoms with E-state index in [2.05, 4.69) is 10.5 Å². The zero-order chi connectivity index (χ0) is 23.8. The SMILES string of the molecule is Cc1onc(-c2ccc(-c3ccc(C4(C(=O)O)CCC4)cc3)cc2)c1NC(=O)OC(C)(C)C. The number of carbonyl (C=O) groups excluding carboxylic acids is 1. The molecule has 0 unspecified atom stereocenters. The minimum atomic E-state index is -0.746. The molecule has 1 saturated carbocycles. The number of nitrogens with one attached hydrogen (secondary N) is 1. The second-order valence-corrected chi connectivity index (χ2v) is 9.48. The molecule has 3 aromatic rings. The van der Waals surface area contributed by atoms with Gasteiger partial charge in [-0.05, 0) is 57.2 Å². The van der Waals surface area contributed by atoms with Crippen LogP contribution in [-0.4, -0.2) is 27.9 Å². The van der Waals surface area contributed by atoms with E-state index in [4.69, 9.17) is 9.26 Å². The maximum absolute atomic E-state index is 12.2. The molecule has 2 N–H and O–H groups in total. The van der Waals surface area contributed by atoms with Crippen LogP contribution in [0.25, 0.3) is 22.4 Å². The van der Waals surface area contributed by atoms with Crippen LogP contribution in [0.15, 0.2) is 53.1 Å². The Kier molecular flexibility index (Phi) is 5.74. The Morgan fingerprint density at radius 2 is 1.55 bits per heavy atom. The fraction of sp³-hybridized carbons (Fsp3) is 0.346. The Morgan fingerprint density at radius 3 is 2.03 bits per heavy atom. The lowest BCUT2D eigenvalue weighted by atomic mass is 9.64. The summed E-state index contributed by atoms with van der Waals surface area (Å²) in [4.78, 5) is 24.0. The number of aliphatic carboxylic acids is 1. The molecular formula is C26H28N2O5. The second kappa shape index (κ2) is 8.39. The van der Waals surface area contributed by atoms with Gasteiger partial charge in [-0.1, -0.05) is 60.1 Å². The van der Waals surface area contributed by atoms with Crippen molar-refractivity contribution in [1.29, 1.82) is 0 Å². The van der Waals surface area contributed by atoms with Gasteiger partial charge in [0, 0.05) is 5.56 Å². The molecular weight excluding hydrogens is 420 g/mol. The van der Waals surface area contributed by atoms with Crippen molar-refractivity contribution in [2.24, 2.45) is 0 Å². The lowest BCUT2D eigenvalue weighted by Gasteiger charge is -2.38. The van der Waals surface area contributed by atoms with Gasteiger partial charge in [0.05, 0.1) is 5.41 Å². The number of rotatable bonds is 5. The molecule has 0 aliphatic heterocycles. The summed E-state index contributed by atoms with van der Waals surface area (Å²) in [5, 5.41) is 16.5. The lowest BCUT2D eigenvalue weighted by Crippen LogP contribution is -2.42. The monoisotopic (exact) mass is 448 g/mol. The molecule has 4 rings (SSSR count). The highest BCUT2D eigenvalue weighted by Crippen LogP contribution is 2.44. The summed E-state index contributed by atoms with van der Waals surface area (Å²) in [7, 11) is 0. The van der Waals surface area contributed by atoms with E-state index in [1.54, 1.807) is 27.7 Å². The summed E-state index contributed by atoms with van der Waals surface area (Å²) < 4.78 is 10.6. The molecule has 0 spiro atoms. The van der Waals surface area contributed by atoms with Crippen LogP contribution in [0.5, 0.6) is 0 Å². The summed E-state index contributed by atoms with van der Waals surface area (Å²) >= 11 is 0. The van der Waals surface area contributed by atoms with Crippen molar-refractivity contribution in [2.75, 3.05) is 5.32 Å². The summed E-state index contributed by atoms with van der Waals surface area (Å²) in [5.74, 6) is -0.261. The minimum absolute atomic E-state index is 0.473. The molecule has 0 radical (unpaired) electrons. The van der Waals surface area contributed by atoms with Crippen LogP contribution in [0.3, 0.4) is 0 Å². The smallest absolute Gasteiger partial charge is 0.412 e. The summed E-state index contributed by atoms with van der Waals surface area (Å²) in [5.41, 5.74) is 3.28. The van der Waals surface area contributed by atoms with Gasteiger partial charge in [0.15, 0.2) is 5.76 Å². The Morgan fingerprint density at radius 1 is 1.00 bits per heavy atom. The summed E-state index contributed by atoms with van der Waals surface area (Å²) in [6.45, 7) is 7.12. The standard InChI is InChI=1S/C26H28N2O5/c1-16-21(27-24(31)32-25(2,3)4)22(28-33-16)19-8-6-17(7-9-19)18-10-12-20(13-11-18)26(23(29)30)14-5-15-26/h6-13H,5,14-15H2,1-4H3,(H,27,31)(H,29,30). The van der Waals surface area contributed by atoms with Crippen molar-refractivity contribution in [1.82, 2.24) is 5.16 Å². The lowest BCUT2D eigenvalue weighted by molar-refractivity contribution is -0.147. The predicted molar refractivity (Wildman–Crippen MR) is 125 cm³/mol. The number of aromatic nitrogens is 1. The first-order valence-electron chi connectivity index (χ1n) is 11.0. The molecule has 7 nitrogen and oxygen atoms in total. The Bertz CT molecular complexity index is 1170. The van der Waals surface area contributed by atoms with Crippen LogP contribution in [0.4, 0.5) is 10.5 Å². The van der Waals surface area contributed by atoms with Gasteiger partial charge < -0.3 is 14.4 Å². The van der Waals surface area contributed by atoms with Crippen LogP contribution in [-0.2, 0) is 14.9 Å². The molecule has 0 atom stereocenters. The Labute approximate surface area is 192 Å². The van der Waals surface area contributed by atoms with E-state index in [9.17, 15) is 14.7 Å². The third-order valence-corrected chi connectivity index (χ3v) is 6.03. The van der Waals surface area contributed by atoms with Gasteiger partial charge in [-0.2, -0.15) is 0 Å². The van der Waals surface area contributed by atoms with Gasteiger partial charge in [0.25, 0.3) is 0 Å². The molecule has 0 bridgehead atoms. The van der Waals surface area contributed by atoms with Crippen LogP contribution in [0.2, 0.25) is 0 Å². The zero-order valence-electron chi connectivity index (χ0n) is 19.3. The number of amides is 1. The van der Waals surface area contributed by atoms with Crippen molar-refractivity contribution in [2.45, 2.75) is 58.0 Å². The number of carboxylic acid groups (broad SMARTS) is 1. The second-order valence-electron chi connectivity index (χ2n) is 9.48. The maximum atomic E-state index is 12.2. The van der Waals surface area contributed by atoms with E-state index in [1.165, 1.54) is 0 Å². The van der Waals surface area contributed by atoms with Crippen molar-refractivity contribution >= 4 is 17.7 Å². The largest absolute Gasteiger partial charge is 0.481 e. The number of nitrogens with zero attached hydrogens (tertiary/aromatic N) is 1. The van der Waals surface area contributed by atoms with Crippen LogP contribution < -0.4 is 5.32 Å². The van der Waals surface area contributed by atoms with Gasteiger partial charge in [0.2, 0.25) is 0 Å². The van der Waals surface area contributed by atoms with Gasteiger partial charge >= 0.3 is 12.1 Å². The maximum Gasteiger partial charge on any atom is 0.412 e. The van der Waals surface area contributed by atoms with Crippen molar-refractivity contribution < 1.29 is 24.0 Å². The first-order valence-corrected chi connectivity index (χ1v) is 11.0. The number of aryl methyl sites for hydroxylation is 1. The third-order valence-electron chi connectivity index (χ3n) is 6.03. The molecule has 2 aromatic carbocycles. The number of hydrogen-bond acceptors (Lipinski definition) is 5. The third kappa shape index (κ3) is 4.49. The van der Waals surface area contributed by atoms with Crippen molar-refractivity contribution in [3.05, 3.63) is 59.9 Å². The van der Waals surface area contributed by atoms with E-state index in [0.29, 0.717) is 30.0 Å². The molecule has 33 heavy (non-hydrogen) atoms. The van der Waals surface area contributed by atoms with E-state index in [1.807, 2.05) is 48.5 Å². The first kappa shape index (κ1) is 22.6. The number of carbonyl (C=O) groups is 2. The fourth-order valence-corrected chi connectivity index (χ4v) is 4.08. The normalized spacial score (nSPS) is 14.9. The zero-order valence-corrected chi connectivity index (χ0v) is 19.3. The van der Waals surface area contributed by atoms with Crippen molar-refractivity contribution in [3.63, 3.8) is 0 Å². The van der Waals surface area contributed by atoms with Gasteiger partial charge in [-0.25, -0.2) is 4.79 Å². The molecule has 1 heterocycles. The Hall–Kier alpha value is -3.61. The average molecular weight is 449 g/mol. The molecule has 1 fully saturated rings. The molecule has 1 aromatic heterocycles. The average Bonchev–Trinajstić information content (AvgIpc) is 3.06. The minimum Gasteiger partial charge on any atom is -0.481 e. The highest BCUT2D eigenvalue weighted by molar-refractivity contribution is 5.91. The molecule has 7 heteroatoms. The molecule has 172 valence electrons. The summed E-state index contributed by atoms with van der Waals surface area (Å²) in [6, 6.07) is 15.5. The highest BCUT2D eigenvalue weighted by Gasteiger charge is 2.45. The number of benzene rings is 2. The predicted octanol–water partition coefficient (Wildman–Crippen LogP) is 6.17. The highest BCUT2D eigenvalue weighted by atomic mass is 16.6. The summed E-state index contributed by atoms with van der Waals surface area (Å²) in [6.07, 6.45) is 1.75. The molecule has 1 amide bonds. The fourth-order valence-electron chi connectivity index (χ4n) is 4.08. The van der Waals surface area contributed by atoms with E-state index >= 15 is 0 Å². The number of ether oxygens (including phenoxy) is 1. The first-order chi connectivity index (χ1) is 15.6.